The second kappa shape index (κ2) is 17.6. The molecule has 0 saturated carbocycles. The summed E-state index contributed by atoms with van der Waals surface area (Å²) >= 11 is 0. The summed E-state index contributed by atoms with van der Waals surface area (Å²) in [5, 5.41) is 4.14. The summed E-state index contributed by atoms with van der Waals surface area (Å²) in [6.45, 7) is 17.9. The number of benzene rings is 4. The third-order valence-corrected chi connectivity index (χ3v) is 22.7. The first-order valence-electron chi connectivity index (χ1n) is 21.0. The first kappa shape index (κ1) is 42.6. The fourth-order valence-corrected chi connectivity index (χ4v) is 19.3. The number of aldehydes is 1. The maximum atomic E-state index is 11.9. The fourth-order valence-electron chi connectivity index (χ4n) is 9.95. The molecule has 7 rings (SSSR count). The van der Waals surface area contributed by atoms with Gasteiger partial charge >= 0.3 is 0 Å². The maximum absolute atomic E-state index is 11.9. The van der Waals surface area contributed by atoms with Crippen LogP contribution in [0.2, 0.25) is 10.1 Å². The molecule has 0 spiro atoms. The highest BCUT2D eigenvalue weighted by Crippen LogP contribution is 2.48. The van der Waals surface area contributed by atoms with E-state index < -0.39 is 53.3 Å². The van der Waals surface area contributed by atoms with E-state index in [4.69, 9.17) is 27.8 Å². The van der Waals surface area contributed by atoms with Crippen LogP contribution in [0.25, 0.3) is 0 Å². The molecule has 3 aliphatic rings. The number of rotatable bonds is 14. The van der Waals surface area contributed by atoms with E-state index in [2.05, 4.69) is 169 Å². The van der Waals surface area contributed by atoms with Gasteiger partial charge in [-0.3, -0.25) is 0 Å². The molecule has 0 N–H and O–H groups in total. The zero-order valence-corrected chi connectivity index (χ0v) is 37.3. The minimum Gasteiger partial charge on any atom is -0.399 e. The first-order valence-corrected chi connectivity index (χ1v) is 24.8. The van der Waals surface area contributed by atoms with Crippen molar-refractivity contribution in [3.63, 3.8) is 0 Å². The summed E-state index contributed by atoms with van der Waals surface area (Å²) < 4.78 is 43.8. The molecule has 0 aromatic heterocycles. The number of hydrogen-bond acceptors (Lipinski definition) is 7. The highest BCUT2D eigenvalue weighted by Gasteiger charge is 2.64. The molecule has 9 heteroatoms. The molecule has 308 valence electrons. The molecule has 7 nitrogen and oxygen atoms in total. The molecule has 4 aromatic carbocycles. The summed E-state index contributed by atoms with van der Waals surface area (Å²) in [7, 11) is -4.53. The lowest BCUT2D eigenvalue weighted by Gasteiger charge is -2.53. The first-order chi connectivity index (χ1) is 27.9. The monoisotopic (exact) mass is 818 g/mol. The number of ether oxygens (including phenoxy) is 4. The molecular weight excluding hydrogens is 757 g/mol. The zero-order chi connectivity index (χ0) is 41.1. The molecule has 0 aliphatic carbocycles. The van der Waals surface area contributed by atoms with Gasteiger partial charge in [0.25, 0.3) is 16.6 Å². The van der Waals surface area contributed by atoms with Gasteiger partial charge in [-0.15, -0.1) is 6.58 Å². The zero-order valence-electron chi connectivity index (χ0n) is 35.3. The molecule has 2 unspecified atom stereocenters. The van der Waals surface area contributed by atoms with E-state index in [1.165, 1.54) is 20.7 Å². The van der Waals surface area contributed by atoms with Gasteiger partial charge in [-0.05, 0) is 43.7 Å². The van der Waals surface area contributed by atoms with E-state index >= 15 is 0 Å². The molecule has 3 fully saturated rings. The van der Waals surface area contributed by atoms with E-state index in [0.29, 0.717) is 12.8 Å². The van der Waals surface area contributed by atoms with Gasteiger partial charge in [0.1, 0.15) is 36.8 Å². The van der Waals surface area contributed by atoms with Gasteiger partial charge in [0.2, 0.25) is 0 Å². The maximum Gasteiger partial charge on any atom is 0.261 e. The van der Waals surface area contributed by atoms with Crippen LogP contribution in [-0.4, -0.2) is 85.0 Å². The third kappa shape index (κ3) is 7.93. The van der Waals surface area contributed by atoms with E-state index in [0.717, 1.165) is 19.1 Å². The Balaban J connectivity index is 1.42. The summed E-state index contributed by atoms with van der Waals surface area (Å²) in [5.41, 5.74) is 0. The largest absolute Gasteiger partial charge is 0.399 e. The second-order valence-electron chi connectivity index (χ2n) is 18.2. The fraction of sp³-hybridized carbons (Fsp3) is 0.449. The van der Waals surface area contributed by atoms with Crippen LogP contribution in [0.5, 0.6) is 0 Å². The quantitative estimate of drug-likeness (QED) is 0.0762. The Morgan fingerprint density at radius 1 is 0.638 bits per heavy atom. The van der Waals surface area contributed by atoms with Gasteiger partial charge in [0, 0.05) is 20.0 Å². The van der Waals surface area contributed by atoms with Crippen molar-refractivity contribution < 1.29 is 32.6 Å². The Morgan fingerprint density at radius 2 is 1.07 bits per heavy atom. The molecule has 3 heterocycles. The van der Waals surface area contributed by atoms with E-state index in [1.807, 2.05) is 6.08 Å². The summed E-state index contributed by atoms with van der Waals surface area (Å²) in [6.07, 6.45) is 1.37. The smallest absolute Gasteiger partial charge is 0.261 e. The SMILES string of the molecule is C=CC(C[C@H]1O[C@H]2[C@@H](O[Si](c3ccccc3)(c3ccccc3)C(C)(C)C)[C@H]3OC(CC=O)CC[C@@H]3O[C@H]2[C@H]1O[Si](c1ccccc1)(c1ccccc1)C(C)(C)C)OC. The van der Waals surface area contributed by atoms with Gasteiger partial charge in [-0.25, -0.2) is 0 Å². The van der Waals surface area contributed by atoms with Crippen molar-refractivity contribution in [3.8, 4) is 0 Å². The minimum atomic E-state index is -3.14. The van der Waals surface area contributed by atoms with Crippen molar-refractivity contribution in [2.45, 2.75) is 132 Å². The average molecular weight is 819 g/mol. The highest BCUT2D eigenvalue weighted by atomic mass is 28.4. The highest BCUT2D eigenvalue weighted by molar-refractivity contribution is 7.00. The topological polar surface area (TPSA) is 72.5 Å². The van der Waals surface area contributed by atoms with Gasteiger partial charge in [-0.1, -0.05) is 169 Å². The molecule has 0 bridgehead atoms. The number of fused-ring (bicyclic) bond motifs is 2. The van der Waals surface area contributed by atoms with E-state index in [-0.39, 0.29) is 28.4 Å². The third-order valence-electron chi connectivity index (χ3n) is 12.7. The lowest BCUT2D eigenvalue weighted by atomic mass is 9.88. The predicted molar refractivity (Wildman–Crippen MR) is 236 cm³/mol. The Hall–Kier alpha value is -3.52. The van der Waals surface area contributed by atoms with Crippen molar-refractivity contribution in [1.29, 1.82) is 0 Å². The van der Waals surface area contributed by atoms with Gasteiger partial charge in [0.15, 0.2) is 0 Å². The van der Waals surface area contributed by atoms with E-state index in [1.54, 1.807) is 7.11 Å². The Kier molecular flexibility index (Phi) is 12.9. The molecule has 58 heavy (non-hydrogen) atoms. The minimum absolute atomic E-state index is 0.232. The number of carbonyl (C=O) groups is 1. The molecule has 3 saturated heterocycles. The van der Waals surface area contributed by atoms with E-state index in [9.17, 15) is 4.79 Å². The van der Waals surface area contributed by atoms with Crippen molar-refractivity contribution in [2.75, 3.05) is 7.11 Å². The van der Waals surface area contributed by atoms with Gasteiger partial charge < -0.3 is 32.6 Å². The van der Waals surface area contributed by atoms with Crippen LogP contribution in [0.3, 0.4) is 0 Å². The number of methoxy groups -OCH3 is 1. The summed E-state index contributed by atoms with van der Waals surface area (Å²) in [4.78, 5) is 11.9. The normalized spacial score (nSPS) is 26.9. The lowest BCUT2D eigenvalue weighted by Crippen LogP contribution is -2.73. The second-order valence-corrected chi connectivity index (χ2v) is 26.7. The number of hydrogen-bond donors (Lipinski definition) is 0. The summed E-state index contributed by atoms with van der Waals surface area (Å²) in [6, 6.07) is 42.9. The van der Waals surface area contributed by atoms with Gasteiger partial charge in [-0.2, -0.15) is 0 Å². The van der Waals surface area contributed by atoms with Crippen molar-refractivity contribution in [2.24, 2.45) is 0 Å². The Labute approximate surface area is 348 Å². The van der Waals surface area contributed by atoms with Crippen LogP contribution >= 0.6 is 0 Å². The molecule has 0 amide bonds. The molecule has 0 radical (unpaired) electrons. The van der Waals surface area contributed by atoms with Crippen LogP contribution < -0.4 is 20.7 Å². The molecule has 4 aromatic rings. The van der Waals surface area contributed by atoms with Crippen LogP contribution in [-0.2, 0) is 32.6 Å². The Bertz CT molecular complexity index is 1850. The lowest BCUT2D eigenvalue weighted by molar-refractivity contribution is -0.254. The van der Waals surface area contributed by atoms with Crippen molar-refractivity contribution in [3.05, 3.63) is 134 Å². The molecular formula is C49H62O7Si2. The van der Waals surface area contributed by atoms with Crippen LogP contribution in [0.4, 0.5) is 0 Å². The predicted octanol–water partition coefficient (Wildman–Crippen LogP) is 7.14. The van der Waals surface area contributed by atoms with Gasteiger partial charge in [0.05, 0.1) is 24.4 Å². The molecule has 3 aliphatic heterocycles. The van der Waals surface area contributed by atoms with Crippen LogP contribution in [0.1, 0.15) is 67.2 Å². The average Bonchev–Trinajstić information content (AvgIpc) is 3.56. The van der Waals surface area contributed by atoms with Crippen LogP contribution in [0.15, 0.2) is 134 Å². The van der Waals surface area contributed by atoms with Crippen molar-refractivity contribution in [1.82, 2.24) is 0 Å². The standard InChI is InChI=1S/C49H62O7Si2/c1-9-35(51-8)34-42-44(55-57(48(2,3)4,37-22-14-10-15-23-37)38-24-16-11-17-25-38)45-46(54-42)47(43-41(53-45)31-30-36(52-43)32-33-50)56-58(49(5,6)7,39-26-18-12-19-27-39)40-28-20-13-21-29-40/h9-29,33,35-36,41-47H,1,30-32,34H2,2-8H3/t35?,36?,41-,42+,43-,44-,45-,46+,47-/m0/s1. The molecule has 9 atom stereocenters. The summed E-state index contributed by atoms with van der Waals surface area (Å²) in [5.74, 6) is 0. The number of carbonyl (C=O) groups excluding carboxylic acids is 1. The van der Waals surface area contributed by atoms with Crippen LogP contribution in [0, 0.1) is 0 Å². The Morgan fingerprint density at radius 3 is 1.47 bits per heavy atom. The van der Waals surface area contributed by atoms with Crippen molar-refractivity contribution >= 4 is 43.7 Å².